The minimum Gasteiger partial charge on any atom is -0.380 e. The number of hydrogen-bond donors (Lipinski definition) is 0. The van der Waals surface area contributed by atoms with E-state index in [4.69, 9.17) is 4.74 Å². The molecule has 0 aliphatic carbocycles. The van der Waals surface area contributed by atoms with Gasteiger partial charge in [-0.15, -0.1) is 0 Å². The van der Waals surface area contributed by atoms with Gasteiger partial charge in [0.2, 0.25) is 0 Å². The SMILES string of the molecule is Cc1ccc(N2CCC3(COC3)C2)cc1. The maximum Gasteiger partial charge on any atom is 0.0562 e. The Labute approximate surface area is 90.8 Å². The zero-order valence-corrected chi connectivity index (χ0v) is 9.20. The summed E-state index contributed by atoms with van der Waals surface area (Å²) in [6, 6.07) is 8.84. The van der Waals surface area contributed by atoms with E-state index in [1.54, 1.807) is 0 Å². The summed E-state index contributed by atoms with van der Waals surface area (Å²) < 4.78 is 5.34. The fraction of sp³-hybridized carbons (Fsp3) is 0.538. The number of aryl methyl sites for hydroxylation is 1. The highest BCUT2D eigenvalue weighted by molar-refractivity contribution is 5.49. The van der Waals surface area contributed by atoms with E-state index in [1.165, 1.54) is 30.8 Å². The minimum atomic E-state index is 0.491. The monoisotopic (exact) mass is 203 g/mol. The zero-order chi connectivity index (χ0) is 10.3. The van der Waals surface area contributed by atoms with E-state index < -0.39 is 0 Å². The Morgan fingerprint density at radius 2 is 1.93 bits per heavy atom. The van der Waals surface area contributed by atoms with Gasteiger partial charge in [0.25, 0.3) is 0 Å². The molecule has 80 valence electrons. The van der Waals surface area contributed by atoms with Gasteiger partial charge in [-0.2, -0.15) is 0 Å². The second-order valence-electron chi connectivity index (χ2n) is 5.00. The predicted molar refractivity (Wildman–Crippen MR) is 61.3 cm³/mol. The van der Waals surface area contributed by atoms with E-state index in [0.29, 0.717) is 5.41 Å². The average Bonchev–Trinajstić information content (AvgIpc) is 2.63. The normalized spacial score (nSPS) is 23.1. The lowest BCUT2D eigenvalue weighted by Crippen LogP contribution is -2.44. The molecule has 0 atom stereocenters. The van der Waals surface area contributed by atoms with Crippen LogP contribution in [0.2, 0.25) is 0 Å². The van der Waals surface area contributed by atoms with Crippen molar-refractivity contribution in [3.05, 3.63) is 29.8 Å². The standard InChI is InChI=1S/C13H17NO/c1-11-2-4-12(5-3-11)14-7-6-13(8-14)9-15-10-13/h2-5H,6-10H2,1H3. The molecule has 1 spiro atoms. The summed E-state index contributed by atoms with van der Waals surface area (Å²) >= 11 is 0. The molecule has 2 aliphatic heterocycles. The van der Waals surface area contributed by atoms with Crippen LogP contribution in [0.4, 0.5) is 5.69 Å². The van der Waals surface area contributed by atoms with Crippen LogP contribution in [0, 0.1) is 12.3 Å². The van der Waals surface area contributed by atoms with Crippen molar-refractivity contribution in [2.45, 2.75) is 13.3 Å². The third-order valence-electron chi connectivity index (χ3n) is 3.65. The van der Waals surface area contributed by atoms with Crippen LogP contribution >= 0.6 is 0 Å². The molecule has 0 bridgehead atoms. The predicted octanol–water partition coefficient (Wildman–Crippen LogP) is 2.22. The number of benzene rings is 1. The van der Waals surface area contributed by atoms with Gasteiger partial charge in [0.1, 0.15) is 0 Å². The van der Waals surface area contributed by atoms with Crippen molar-refractivity contribution in [2.24, 2.45) is 5.41 Å². The first-order valence-corrected chi connectivity index (χ1v) is 5.67. The van der Waals surface area contributed by atoms with Crippen LogP contribution in [0.1, 0.15) is 12.0 Å². The van der Waals surface area contributed by atoms with Gasteiger partial charge in [-0.1, -0.05) is 17.7 Å². The van der Waals surface area contributed by atoms with E-state index in [0.717, 1.165) is 13.2 Å². The van der Waals surface area contributed by atoms with Crippen molar-refractivity contribution in [2.75, 3.05) is 31.2 Å². The molecule has 0 saturated carbocycles. The van der Waals surface area contributed by atoms with E-state index in [2.05, 4.69) is 36.1 Å². The Morgan fingerprint density at radius 3 is 2.47 bits per heavy atom. The van der Waals surface area contributed by atoms with Crippen molar-refractivity contribution in [1.82, 2.24) is 0 Å². The lowest BCUT2D eigenvalue weighted by Gasteiger charge is -2.37. The number of nitrogens with zero attached hydrogens (tertiary/aromatic N) is 1. The van der Waals surface area contributed by atoms with Crippen molar-refractivity contribution in [3.8, 4) is 0 Å². The van der Waals surface area contributed by atoms with Crippen LogP contribution in [0.25, 0.3) is 0 Å². The summed E-state index contributed by atoms with van der Waals surface area (Å²) in [5.41, 5.74) is 3.19. The summed E-state index contributed by atoms with van der Waals surface area (Å²) in [5.74, 6) is 0. The first kappa shape index (κ1) is 9.22. The molecule has 2 saturated heterocycles. The third-order valence-corrected chi connectivity index (χ3v) is 3.65. The van der Waals surface area contributed by atoms with Gasteiger partial charge in [-0.05, 0) is 25.5 Å². The lowest BCUT2D eigenvalue weighted by molar-refractivity contribution is -0.0985. The summed E-state index contributed by atoms with van der Waals surface area (Å²) in [6.45, 7) is 6.43. The molecule has 3 rings (SSSR count). The molecule has 2 nitrogen and oxygen atoms in total. The number of rotatable bonds is 1. The summed E-state index contributed by atoms with van der Waals surface area (Å²) in [4.78, 5) is 2.49. The first-order valence-electron chi connectivity index (χ1n) is 5.67. The van der Waals surface area contributed by atoms with Crippen LogP contribution in [-0.2, 0) is 4.74 Å². The molecule has 0 amide bonds. The molecule has 2 aliphatic rings. The molecule has 0 aromatic heterocycles. The van der Waals surface area contributed by atoms with Crippen LogP contribution in [-0.4, -0.2) is 26.3 Å². The van der Waals surface area contributed by atoms with Gasteiger partial charge in [0.05, 0.1) is 13.2 Å². The van der Waals surface area contributed by atoms with Gasteiger partial charge in [0.15, 0.2) is 0 Å². The second kappa shape index (κ2) is 3.24. The van der Waals surface area contributed by atoms with Crippen LogP contribution in [0.3, 0.4) is 0 Å². The van der Waals surface area contributed by atoms with E-state index in [-0.39, 0.29) is 0 Å². The number of hydrogen-bond acceptors (Lipinski definition) is 2. The minimum absolute atomic E-state index is 0.491. The molecule has 0 unspecified atom stereocenters. The Kier molecular flexibility index (Phi) is 1.99. The van der Waals surface area contributed by atoms with Gasteiger partial charge in [-0.3, -0.25) is 0 Å². The third kappa shape index (κ3) is 1.53. The fourth-order valence-corrected chi connectivity index (χ4v) is 2.54. The van der Waals surface area contributed by atoms with E-state index in [1.807, 2.05) is 0 Å². The number of ether oxygens (including phenoxy) is 1. The van der Waals surface area contributed by atoms with Crippen LogP contribution < -0.4 is 4.90 Å². The molecule has 15 heavy (non-hydrogen) atoms. The Bertz CT molecular complexity index is 353. The highest BCUT2D eigenvalue weighted by Crippen LogP contribution is 2.39. The Morgan fingerprint density at radius 1 is 1.20 bits per heavy atom. The zero-order valence-electron chi connectivity index (χ0n) is 9.20. The van der Waals surface area contributed by atoms with Crippen LogP contribution in [0.5, 0.6) is 0 Å². The van der Waals surface area contributed by atoms with Crippen molar-refractivity contribution in [3.63, 3.8) is 0 Å². The van der Waals surface area contributed by atoms with Crippen molar-refractivity contribution in [1.29, 1.82) is 0 Å². The summed E-state index contributed by atoms with van der Waals surface area (Å²) in [5, 5.41) is 0. The Hall–Kier alpha value is -1.02. The van der Waals surface area contributed by atoms with E-state index in [9.17, 15) is 0 Å². The highest BCUT2D eigenvalue weighted by atomic mass is 16.5. The topological polar surface area (TPSA) is 12.5 Å². The van der Waals surface area contributed by atoms with Crippen LogP contribution in [0.15, 0.2) is 24.3 Å². The van der Waals surface area contributed by atoms with Crippen molar-refractivity contribution < 1.29 is 4.74 Å². The lowest BCUT2D eigenvalue weighted by atomic mass is 9.85. The molecular formula is C13H17NO. The summed E-state index contributed by atoms with van der Waals surface area (Å²) in [7, 11) is 0. The second-order valence-corrected chi connectivity index (χ2v) is 5.00. The Balaban J connectivity index is 1.76. The molecule has 0 radical (unpaired) electrons. The molecule has 0 N–H and O–H groups in total. The highest BCUT2D eigenvalue weighted by Gasteiger charge is 2.44. The first-order chi connectivity index (χ1) is 7.27. The van der Waals surface area contributed by atoms with Gasteiger partial charge in [-0.25, -0.2) is 0 Å². The smallest absolute Gasteiger partial charge is 0.0562 e. The molecule has 1 aromatic carbocycles. The molecule has 1 aromatic rings. The van der Waals surface area contributed by atoms with Gasteiger partial charge >= 0.3 is 0 Å². The largest absolute Gasteiger partial charge is 0.380 e. The van der Waals surface area contributed by atoms with Crippen molar-refractivity contribution >= 4 is 5.69 Å². The fourth-order valence-electron chi connectivity index (χ4n) is 2.54. The average molecular weight is 203 g/mol. The molecule has 2 heterocycles. The number of anilines is 1. The van der Waals surface area contributed by atoms with E-state index >= 15 is 0 Å². The molecule has 2 heteroatoms. The van der Waals surface area contributed by atoms with Gasteiger partial charge < -0.3 is 9.64 Å². The molecule has 2 fully saturated rings. The maximum atomic E-state index is 5.34. The maximum absolute atomic E-state index is 5.34. The molecular weight excluding hydrogens is 186 g/mol. The van der Waals surface area contributed by atoms with Gasteiger partial charge in [0, 0.05) is 24.2 Å². The summed E-state index contributed by atoms with van der Waals surface area (Å²) in [6.07, 6.45) is 1.29. The quantitative estimate of drug-likeness (QED) is 0.694.